The number of imidazole rings is 1. The molecule has 3 aromatic rings. The van der Waals surface area contributed by atoms with Crippen LogP contribution >= 0.6 is 11.3 Å². The fourth-order valence-corrected chi connectivity index (χ4v) is 3.03. The highest BCUT2D eigenvalue weighted by Gasteiger charge is 2.09. The minimum Gasteiger partial charge on any atom is -0.362 e. The van der Waals surface area contributed by atoms with E-state index in [4.69, 9.17) is 0 Å². The van der Waals surface area contributed by atoms with Gasteiger partial charge in [0.25, 0.3) is 0 Å². The van der Waals surface area contributed by atoms with Gasteiger partial charge in [-0.15, -0.1) is 11.3 Å². The van der Waals surface area contributed by atoms with Crippen molar-refractivity contribution >= 4 is 27.5 Å². The van der Waals surface area contributed by atoms with E-state index in [2.05, 4.69) is 45.0 Å². The Balaban J connectivity index is 1.93. The molecular weight excluding hydrogens is 256 g/mol. The maximum atomic E-state index is 4.58. The molecule has 0 amide bonds. The molecule has 2 heterocycles. The average molecular weight is 272 g/mol. The minimum atomic E-state index is 0.829. The molecule has 0 saturated carbocycles. The Morgan fingerprint density at radius 2 is 2.16 bits per heavy atom. The van der Waals surface area contributed by atoms with Gasteiger partial charge in [-0.25, -0.2) is 9.97 Å². The van der Waals surface area contributed by atoms with Crippen LogP contribution in [0.5, 0.6) is 0 Å². The quantitative estimate of drug-likeness (QED) is 0.792. The zero-order chi connectivity index (χ0) is 13.2. The van der Waals surface area contributed by atoms with Crippen molar-refractivity contribution in [3.8, 4) is 0 Å². The monoisotopic (exact) mass is 272 g/mol. The standard InChI is InChI=1S/C14H16N4S/c1-3-15-14-16-8-11(19-14)9-18-10(2)17-12-6-4-5-7-13(12)18/h4-8H,3,9H2,1-2H3,(H,15,16). The van der Waals surface area contributed by atoms with Crippen molar-refractivity contribution in [2.45, 2.75) is 20.4 Å². The van der Waals surface area contributed by atoms with E-state index in [1.54, 1.807) is 11.3 Å². The molecule has 0 fully saturated rings. The van der Waals surface area contributed by atoms with Crippen molar-refractivity contribution < 1.29 is 0 Å². The number of nitrogens with zero attached hydrogens (tertiary/aromatic N) is 3. The zero-order valence-electron chi connectivity index (χ0n) is 11.1. The molecule has 0 aliphatic carbocycles. The fourth-order valence-electron chi connectivity index (χ4n) is 2.16. The van der Waals surface area contributed by atoms with Crippen LogP contribution in [0.15, 0.2) is 30.5 Å². The molecule has 0 aliphatic rings. The molecule has 0 unspecified atom stereocenters. The van der Waals surface area contributed by atoms with Crippen molar-refractivity contribution in [3.05, 3.63) is 41.2 Å². The summed E-state index contributed by atoms with van der Waals surface area (Å²) in [5.74, 6) is 1.04. The summed E-state index contributed by atoms with van der Waals surface area (Å²) in [6.07, 6.45) is 1.94. The van der Waals surface area contributed by atoms with Crippen LogP contribution in [0.3, 0.4) is 0 Å². The number of hydrogen-bond donors (Lipinski definition) is 1. The van der Waals surface area contributed by atoms with Crippen LogP contribution in [0.2, 0.25) is 0 Å². The molecule has 0 spiro atoms. The van der Waals surface area contributed by atoms with Crippen LogP contribution in [0.4, 0.5) is 5.13 Å². The first-order valence-corrected chi connectivity index (χ1v) is 7.20. The maximum absolute atomic E-state index is 4.58. The van der Waals surface area contributed by atoms with Gasteiger partial charge in [0.15, 0.2) is 5.13 Å². The van der Waals surface area contributed by atoms with Crippen LogP contribution in [-0.2, 0) is 6.54 Å². The third kappa shape index (κ3) is 2.33. The van der Waals surface area contributed by atoms with Gasteiger partial charge < -0.3 is 9.88 Å². The van der Waals surface area contributed by atoms with E-state index in [0.717, 1.165) is 29.6 Å². The number of para-hydroxylation sites is 2. The summed E-state index contributed by atoms with van der Waals surface area (Å²) in [5.41, 5.74) is 2.23. The SMILES string of the molecule is CCNc1ncc(Cn2c(C)nc3ccccc32)s1. The number of hydrogen-bond acceptors (Lipinski definition) is 4. The predicted octanol–water partition coefficient (Wildman–Crippen LogP) is 3.28. The number of thiazole rings is 1. The first-order chi connectivity index (χ1) is 9.28. The lowest BCUT2D eigenvalue weighted by Crippen LogP contribution is -2.00. The number of nitrogens with one attached hydrogen (secondary N) is 1. The predicted molar refractivity (Wildman–Crippen MR) is 79.8 cm³/mol. The number of anilines is 1. The fraction of sp³-hybridized carbons (Fsp3) is 0.286. The average Bonchev–Trinajstić information content (AvgIpc) is 2.96. The summed E-state index contributed by atoms with van der Waals surface area (Å²) in [5, 5.41) is 4.23. The van der Waals surface area contributed by atoms with Gasteiger partial charge in [-0.2, -0.15) is 0 Å². The van der Waals surface area contributed by atoms with Gasteiger partial charge in [-0.05, 0) is 26.0 Å². The number of rotatable bonds is 4. The molecule has 4 nitrogen and oxygen atoms in total. The summed E-state index contributed by atoms with van der Waals surface area (Å²) in [7, 11) is 0. The minimum absolute atomic E-state index is 0.829. The number of fused-ring (bicyclic) bond motifs is 1. The zero-order valence-corrected chi connectivity index (χ0v) is 11.9. The highest BCUT2D eigenvalue weighted by atomic mass is 32.1. The molecule has 98 valence electrons. The van der Waals surface area contributed by atoms with Crippen molar-refractivity contribution in [1.29, 1.82) is 0 Å². The molecule has 1 aromatic carbocycles. The Morgan fingerprint density at radius 1 is 1.32 bits per heavy atom. The molecule has 5 heteroatoms. The molecule has 0 atom stereocenters. The molecule has 0 radical (unpaired) electrons. The van der Waals surface area contributed by atoms with Gasteiger partial charge in [0, 0.05) is 17.6 Å². The van der Waals surface area contributed by atoms with E-state index in [9.17, 15) is 0 Å². The second-order valence-corrected chi connectivity index (χ2v) is 5.51. The molecule has 1 N–H and O–H groups in total. The Kier molecular flexibility index (Phi) is 3.21. The van der Waals surface area contributed by atoms with Crippen LogP contribution in [0.25, 0.3) is 11.0 Å². The van der Waals surface area contributed by atoms with E-state index >= 15 is 0 Å². The third-order valence-corrected chi connectivity index (χ3v) is 3.98. The number of aryl methyl sites for hydroxylation is 1. The normalized spacial score (nSPS) is 11.1. The second kappa shape index (κ2) is 5.01. The van der Waals surface area contributed by atoms with Gasteiger partial charge in [0.05, 0.1) is 17.6 Å². The van der Waals surface area contributed by atoms with Crippen LogP contribution in [0.1, 0.15) is 17.6 Å². The lowest BCUT2D eigenvalue weighted by molar-refractivity contribution is 0.795. The van der Waals surface area contributed by atoms with Crippen LogP contribution in [-0.4, -0.2) is 21.1 Å². The lowest BCUT2D eigenvalue weighted by Gasteiger charge is -2.04. The van der Waals surface area contributed by atoms with Crippen molar-refractivity contribution in [1.82, 2.24) is 14.5 Å². The second-order valence-electron chi connectivity index (χ2n) is 4.40. The number of aromatic nitrogens is 3. The van der Waals surface area contributed by atoms with Gasteiger partial charge in [-0.1, -0.05) is 12.1 Å². The molecule has 0 aliphatic heterocycles. The van der Waals surface area contributed by atoms with E-state index < -0.39 is 0 Å². The number of benzene rings is 1. The smallest absolute Gasteiger partial charge is 0.182 e. The first kappa shape index (κ1) is 12.2. The molecular formula is C14H16N4S. The largest absolute Gasteiger partial charge is 0.362 e. The first-order valence-electron chi connectivity index (χ1n) is 6.38. The molecule has 19 heavy (non-hydrogen) atoms. The van der Waals surface area contributed by atoms with Gasteiger partial charge >= 0.3 is 0 Å². The third-order valence-electron chi connectivity index (χ3n) is 3.04. The van der Waals surface area contributed by atoms with Crippen molar-refractivity contribution in [2.24, 2.45) is 0 Å². The Labute approximate surface area is 116 Å². The van der Waals surface area contributed by atoms with E-state index in [1.165, 1.54) is 10.4 Å². The summed E-state index contributed by atoms with van der Waals surface area (Å²) in [4.78, 5) is 10.2. The van der Waals surface area contributed by atoms with Crippen LogP contribution < -0.4 is 5.32 Å². The van der Waals surface area contributed by atoms with E-state index in [1.807, 2.05) is 19.2 Å². The van der Waals surface area contributed by atoms with Gasteiger partial charge in [0.1, 0.15) is 5.82 Å². The van der Waals surface area contributed by atoms with E-state index in [0.29, 0.717) is 0 Å². The summed E-state index contributed by atoms with van der Waals surface area (Å²) >= 11 is 1.70. The summed E-state index contributed by atoms with van der Waals surface area (Å²) in [6, 6.07) is 8.24. The highest BCUT2D eigenvalue weighted by Crippen LogP contribution is 2.22. The Bertz CT molecular complexity index is 698. The van der Waals surface area contributed by atoms with Crippen molar-refractivity contribution in [3.63, 3.8) is 0 Å². The molecule has 0 saturated heterocycles. The maximum Gasteiger partial charge on any atom is 0.182 e. The highest BCUT2D eigenvalue weighted by molar-refractivity contribution is 7.15. The lowest BCUT2D eigenvalue weighted by atomic mass is 10.3. The summed E-state index contributed by atoms with van der Waals surface area (Å²) < 4.78 is 2.23. The summed E-state index contributed by atoms with van der Waals surface area (Å²) in [6.45, 7) is 5.86. The molecule has 0 bridgehead atoms. The topological polar surface area (TPSA) is 42.7 Å². The van der Waals surface area contributed by atoms with Crippen LogP contribution in [0, 0.1) is 6.92 Å². The van der Waals surface area contributed by atoms with E-state index in [-0.39, 0.29) is 0 Å². The Morgan fingerprint density at radius 3 is 3.00 bits per heavy atom. The Hall–Kier alpha value is -1.88. The molecule has 3 rings (SSSR count). The van der Waals surface area contributed by atoms with Gasteiger partial charge in [0.2, 0.25) is 0 Å². The molecule has 2 aromatic heterocycles. The van der Waals surface area contributed by atoms with Crippen molar-refractivity contribution in [2.75, 3.05) is 11.9 Å². The van der Waals surface area contributed by atoms with Gasteiger partial charge in [-0.3, -0.25) is 0 Å².